The number of ether oxygens (including phenoxy) is 3. The summed E-state index contributed by atoms with van der Waals surface area (Å²) in [7, 11) is 0. The SMILES string of the molecule is CCCCOc1cccc(C2C(=C(O)c3ccc4c(c3)OCCO4)C(=O)C(=O)N2c2nnc(SCc3ccc(Cl)cc3Cl)s2)c1. The maximum atomic E-state index is 13.7. The number of nitrogens with zero attached hydrogens (tertiary/aromatic N) is 3. The number of aliphatic hydroxyl groups excluding tert-OH is 1. The van der Waals surface area contributed by atoms with Crippen molar-refractivity contribution in [3.8, 4) is 17.2 Å². The van der Waals surface area contributed by atoms with Crippen LogP contribution >= 0.6 is 46.3 Å². The molecule has 45 heavy (non-hydrogen) atoms. The summed E-state index contributed by atoms with van der Waals surface area (Å²) in [6.45, 7) is 3.36. The molecule has 2 aliphatic rings. The maximum Gasteiger partial charge on any atom is 0.301 e. The van der Waals surface area contributed by atoms with Crippen molar-refractivity contribution in [1.82, 2.24) is 10.2 Å². The minimum Gasteiger partial charge on any atom is -0.507 e. The highest BCUT2D eigenvalue weighted by Crippen LogP contribution is 2.45. The fourth-order valence-electron chi connectivity index (χ4n) is 4.94. The number of aromatic nitrogens is 2. The summed E-state index contributed by atoms with van der Waals surface area (Å²) in [4.78, 5) is 28.7. The number of fused-ring (bicyclic) bond motifs is 1. The molecule has 0 spiro atoms. The molecule has 232 valence electrons. The predicted molar refractivity (Wildman–Crippen MR) is 175 cm³/mol. The summed E-state index contributed by atoms with van der Waals surface area (Å²) in [5.41, 5.74) is 1.66. The highest BCUT2D eigenvalue weighted by Gasteiger charge is 2.48. The van der Waals surface area contributed by atoms with Gasteiger partial charge >= 0.3 is 5.91 Å². The van der Waals surface area contributed by atoms with Gasteiger partial charge in [-0.25, -0.2) is 0 Å². The minimum atomic E-state index is -0.996. The van der Waals surface area contributed by atoms with Gasteiger partial charge in [-0.15, -0.1) is 10.2 Å². The third-order valence-electron chi connectivity index (χ3n) is 7.17. The summed E-state index contributed by atoms with van der Waals surface area (Å²) >= 11 is 14.9. The Balaban J connectivity index is 1.38. The number of carbonyl (C=O) groups excluding carboxylic acids is 2. The van der Waals surface area contributed by atoms with Gasteiger partial charge in [0.05, 0.1) is 18.2 Å². The second-order valence-electron chi connectivity index (χ2n) is 10.2. The lowest BCUT2D eigenvalue weighted by molar-refractivity contribution is -0.132. The number of rotatable bonds is 10. The first kappa shape index (κ1) is 31.2. The Kier molecular flexibility index (Phi) is 9.50. The third-order valence-corrected chi connectivity index (χ3v) is 9.86. The first-order valence-corrected chi connectivity index (χ1v) is 16.7. The van der Waals surface area contributed by atoms with Crippen LogP contribution in [0.2, 0.25) is 10.0 Å². The second kappa shape index (κ2) is 13.7. The lowest BCUT2D eigenvalue weighted by Crippen LogP contribution is -2.29. The molecular weight excluding hydrogens is 657 g/mol. The molecule has 0 bridgehead atoms. The Morgan fingerprint density at radius 2 is 1.89 bits per heavy atom. The number of amides is 1. The Labute approximate surface area is 277 Å². The normalized spacial score (nSPS) is 17.1. The van der Waals surface area contributed by atoms with Crippen molar-refractivity contribution in [3.63, 3.8) is 0 Å². The van der Waals surface area contributed by atoms with E-state index in [0.29, 0.717) is 68.3 Å². The smallest absolute Gasteiger partial charge is 0.301 e. The Bertz CT molecular complexity index is 1800. The number of Topliss-reactive ketones (excluding diaryl/α,β-unsaturated/α-hetero) is 1. The predicted octanol–water partition coefficient (Wildman–Crippen LogP) is 7.71. The van der Waals surface area contributed by atoms with Crippen LogP contribution < -0.4 is 19.1 Å². The Morgan fingerprint density at radius 1 is 1.07 bits per heavy atom. The van der Waals surface area contributed by atoms with Gasteiger partial charge < -0.3 is 19.3 Å². The molecule has 1 aromatic heterocycles. The first-order chi connectivity index (χ1) is 21.8. The molecule has 2 aliphatic heterocycles. The number of anilines is 1. The number of hydrogen-bond acceptors (Lipinski definition) is 10. The largest absolute Gasteiger partial charge is 0.507 e. The lowest BCUT2D eigenvalue weighted by Gasteiger charge is -2.23. The van der Waals surface area contributed by atoms with Gasteiger partial charge in [0.1, 0.15) is 24.7 Å². The summed E-state index contributed by atoms with van der Waals surface area (Å²) in [6, 6.07) is 16.3. The van der Waals surface area contributed by atoms with E-state index in [2.05, 4.69) is 17.1 Å². The number of thioether (sulfide) groups is 1. The average molecular weight is 685 g/mol. The van der Waals surface area contributed by atoms with E-state index >= 15 is 0 Å². The Morgan fingerprint density at radius 3 is 2.69 bits per heavy atom. The summed E-state index contributed by atoms with van der Waals surface area (Å²) in [5, 5.41) is 21.5. The first-order valence-electron chi connectivity index (χ1n) is 14.2. The van der Waals surface area contributed by atoms with Gasteiger partial charge in [-0.1, -0.05) is 77.8 Å². The maximum absolute atomic E-state index is 13.7. The minimum absolute atomic E-state index is 0.0836. The third kappa shape index (κ3) is 6.62. The average Bonchev–Trinajstić information content (AvgIpc) is 3.62. The van der Waals surface area contributed by atoms with Crippen molar-refractivity contribution in [2.75, 3.05) is 24.7 Å². The molecule has 0 radical (unpaired) electrons. The van der Waals surface area contributed by atoms with Gasteiger partial charge in [-0.05, 0) is 60.0 Å². The highest BCUT2D eigenvalue weighted by atomic mass is 35.5. The van der Waals surface area contributed by atoms with Crippen molar-refractivity contribution in [1.29, 1.82) is 0 Å². The van der Waals surface area contributed by atoms with Crippen LogP contribution in [0.3, 0.4) is 0 Å². The topological polar surface area (TPSA) is 111 Å². The van der Waals surface area contributed by atoms with Crippen LogP contribution in [0.1, 0.15) is 42.5 Å². The number of aliphatic hydroxyl groups is 1. The van der Waals surface area contributed by atoms with Crippen molar-refractivity contribution in [2.24, 2.45) is 0 Å². The van der Waals surface area contributed by atoms with Gasteiger partial charge in [0, 0.05) is 21.4 Å². The number of unbranched alkanes of at least 4 members (excludes halogenated alkanes) is 1. The van der Waals surface area contributed by atoms with Crippen LogP contribution in [0.15, 0.2) is 70.6 Å². The number of hydrogen-bond donors (Lipinski definition) is 1. The zero-order chi connectivity index (χ0) is 31.5. The van der Waals surface area contributed by atoms with E-state index in [9.17, 15) is 14.7 Å². The zero-order valence-corrected chi connectivity index (χ0v) is 27.1. The van der Waals surface area contributed by atoms with Gasteiger partial charge in [-0.2, -0.15) is 0 Å². The standard InChI is InChI=1S/C32H27Cl2N3O6S2/c1-2-3-11-41-22-6-4-5-18(14-22)27-26(28(38)19-8-10-24-25(15-19)43-13-12-42-24)29(39)30(40)37(27)31-35-36-32(45-31)44-17-20-7-9-21(33)16-23(20)34/h4-10,14-16,27,38H,2-3,11-13,17H2,1H3. The molecule has 13 heteroatoms. The van der Waals surface area contributed by atoms with E-state index in [1.807, 2.05) is 12.1 Å². The van der Waals surface area contributed by atoms with E-state index in [0.717, 1.165) is 29.7 Å². The summed E-state index contributed by atoms with van der Waals surface area (Å²) in [6.07, 6.45) is 1.84. The molecule has 3 heterocycles. The molecule has 1 amide bonds. The van der Waals surface area contributed by atoms with Gasteiger partial charge in [0.2, 0.25) is 5.13 Å². The number of benzene rings is 3. The number of halogens is 2. The second-order valence-corrected chi connectivity index (χ2v) is 13.2. The highest BCUT2D eigenvalue weighted by molar-refractivity contribution is 8.00. The molecule has 3 aromatic carbocycles. The quantitative estimate of drug-likeness (QED) is 0.0448. The molecule has 6 rings (SSSR count). The van der Waals surface area contributed by atoms with Crippen molar-refractivity contribution in [2.45, 2.75) is 35.9 Å². The van der Waals surface area contributed by atoms with E-state index < -0.39 is 17.7 Å². The van der Waals surface area contributed by atoms with E-state index in [4.69, 9.17) is 37.4 Å². The fourth-order valence-corrected chi connectivity index (χ4v) is 7.36. The van der Waals surface area contributed by atoms with Crippen LogP contribution in [0.5, 0.6) is 17.2 Å². The molecular formula is C32H27Cl2N3O6S2. The summed E-state index contributed by atoms with van der Waals surface area (Å²) < 4.78 is 17.8. The van der Waals surface area contributed by atoms with E-state index in [1.54, 1.807) is 48.5 Å². The molecule has 1 saturated heterocycles. The van der Waals surface area contributed by atoms with Gasteiger partial charge in [0.15, 0.2) is 15.8 Å². The van der Waals surface area contributed by atoms with Gasteiger partial charge in [0.25, 0.3) is 5.78 Å². The van der Waals surface area contributed by atoms with Crippen molar-refractivity contribution in [3.05, 3.63) is 93.0 Å². The lowest BCUT2D eigenvalue weighted by atomic mass is 9.95. The summed E-state index contributed by atoms with van der Waals surface area (Å²) in [5.74, 6) is 0.0333. The van der Waals surface area contributed by atoms with Crippen molar-refractivity contribution >= 4 is 68.9 Å². The van der Waals surface area contributed by atoms with Crippen molar-refractivity contribution < 1.29 is 28.9 Å². The van der Waals surface area contributed by atoms with Gasteiger partial charge in [-0.3, -0.25) is 14.5 Å². The molecule has 0 saturated carbocycles. The fraction of sp³-hybridized carbons (Fsp3) is 0.250. The van der Waals surface area contributed by atoms with Crippen LogP contribution in [0, 0.1) is 0 Å². The van der Waals surface area contributed by atoms with E-state index in [1.165, 1.54) is 16.7 Å². The Hall–Kier alpha value is -3.77. The molecule has 1 unspecified atom stereocenters. The molecule has 1 atom stereocenters. The van der Waals surface area contributed by atoms with E-state index in [-0.39, 0.29) is 16.5 Å². The monoisotopic (exact) mass is 683 g/mol. The zero-order valence-electron chi connectivity index (χ0n) is 24.0. The number of ketones is 1. The molecule has 1 fully saturated rings. The van der Waals surface area contributed by atoms with Crippen LogP contribution in [-0.4, -0.2) is 46.8 Å². The molecule has 1 N–H and O–H groups in total. The van der Waals surface area contributed by atoms with Crippen LogP contribution in [0.25, 0.3) is 5.76 Å². The molecule has 0 aliphatic carbocycles. The molecule has 9 nitrogen and oxygen atoms in total. The van der Waals surface area contributed by atoms with Crippen LogP contribution in [0.4, 0.5) is 5.13 Å². The number of carbonyl (C=O) groups is 2. The van der Waals surface area contributed by atoms with Crippen LogP contribution in [-0.2, 0) is 15.3 Å². The molecule has 4 aromatic rings.